The van der Waals surface area contributed by atoms with E-state index in [9.17, 15) is 18.0 Å². The summed E-state index contributed by atoms with van der Waals surface area (Å²) in [5, 5.41) is 0. The van der Waals surface area contributed by atoms with Crippen molar-refractivity contribution in [3.05, 3.63) is 41.9 Å². The van der Waals surface area contributed by atoms with Gasteiger partial charge in [0, 0.05) is 19.0 Å². The molecule has 4 nitrogen and oxygen atoms in total. The Morgan fingerprint density at radius 2 is 2.17 bits per heavy atom. The summed E-state index contributed by atoms with van der Waals surface area (Å²) in [6.45, 7) is 2.19. The summed E-state index contributed by atoms with van der Waals surface area (Å²) in [6, 6.07) is 4.97. The van der Waals surface area contributed by atoms with Crippen LogP contribution in [0.2, 0.25) is 0 Å². The Morgan fingerprint density at radius 1 is 1.39 bits per heavy atom. The molecule has 3 rings (SSSR count). The van der Waals surface area contributed by atoms with Crippen LogP contribution in [0.25, 0.3) is 11.3 Å². The van der Waals surface area contributed by atoms with Crippen molar-refractivity contribution in [3.63, 3.8) is 0 Å². The fourth-order valence-corrected chi connectivity index (χ4v) is 2.94. The highest BCUT2D eigenvalue weighted by Gasteiger charge is 2.32. The van der Waals surface area contributed by atoms with Crippen LogP contribution in [-0.4, -0.2) is 27.3 Å². The number of aromatic amines is 1. The number of likely N-dealkylation sites (tertiary alicyclic amines) is 1. The molecule has 1 saturated heterocycles. The fourth-order valence-electron chi connectivity index (χ4n) is 2.94. The number of H-pyrrole nitrogens is 1. The fraction of sp³-hybridized carbons (Fsp3) is 0.375. The zero-order chi connectivity index (χ0) is 16.6. The third kappa shape index (κ3) is 3.09. The van der Waals surface area contributed by atoms with Crippen LogP contribution in [-0.2, 0) is 11.0 Å². The predicted octanol–water partition coefficient (Wildman–Crippen LogP) is 3.78. The first-order valence-corrected chi connectivity index (χ1v) is 7.36. The first-order valence-electron chi connectivity index (χ1n) is 7.36. The Hall–Kier alpha value is -2.31. The molecule has 0 radical (unpaired) electrons. The van der Waals surface area contributed by atoms with Crippen LogP contribution in [0, 0.1) is 0 Å². The van der Waals surface area contributed by atoms with Gasteiger partial charge in [0.1, 0.15) is 5.82 Å². The number of rotatable bonds is 2. The Balaban J connectivity index is 1.89. The van der Waals surface area contributed by atoms with Crippen molar-refractivity contribution in [3.8, 4) is 11.3 Å². The molecule has 0 bridgehead atoms. The summed E-state index contributed by atoms with van der Waals surface area (Å²) < 4.78 is 38.4. The SMILES string of the molecule is CC(=O)N1CCC[C@@H]1c1ncc(-c2cccc(C(F)(F)F)c2)[nH]1. The second-order valence-electron chi connectivity index (χ2n) is 5.63. The van der Waals surface area contributed by atoms with Gasteiger partial charge in [0.2, 0.25) is 5.91 Å². The second kappa shape index (κ2) is 5.72. The number of hydrogen-bond donors (Lipinski definition) is 1. The van der Waals surface area contributed by atoms with Gasteiger partial charge in [-0.2, -0.15) is 13.2 Å². The van der Waals surface area contributed by atoms with Gasteiger partial charge >= 0.3 is 6.18 Å². The minimum absolute atomic E-state index is 0.0236. The summed E-state index contributed by atoms with van der Waals surface area (Å²) in [6.07, 6.45) is -1.17. The summed E-state index contributed by atoms with van der Waals surface area (Å²) in [7, 11) is 0. The third-order valence-electron chi connectivity index (χ3n) is 4.07. The van der Waals surface area contributed by atoms with Crippen LogP contribution in [0.3, 0.4) is 0 Å². The van der Waals surface area contributed by atoms with Crippen LogP contribution in [0.5, 0.6) is 0 Å². The van der Waals surface area contributed by atoms with E-state index in [1.54, 1.807) is 11.0 Å². The lowest BCUT2D eigenvalue weighted by Crippen LogP contribution is -2.28. The summed E-state index contributed by atoms with van der Waals surface area (Å²) in [4.78, 5) is 20.7. The molecule has 1 aliphatic rings. The summed E-state index contributed by atoms with van der Waals surface area (Å²) >= 11 is 0. The van der Waals surface area contributed by atoms with E-state index >= 15 is 0 Å². The van der Waals surface area contributed by atoms with Gasteiger partial charge in [0.15, 0.2) is 0 Å². The summed E-state index contributed by atoms with van der Waals surface area (Å²) in [5.74, 6) is 0.592. The van der Waals surface area contributed by atoms with Gasteiger partial charge in [-0.05, 0) is 25.0 Å². The maximum absolute atomic E-state index is 12.8. The van der Waals surface area contributed by atoms with E-state index in [-0.39, 0.29) is 11.9 Å². The minimum atomic E-state index is -4.38. The molecule has 2 heterocycles. The third-order valence-corrected chi connectivity index (χ3v) is 4.07. The molecule has 2 aromatic rings. The van der Waals surface area contributed by atoms with E-state index in [2.05, 4.69) is 9.97 Å². The van der Waals surface area contributed by atoms with E-state index in [0.29, 0.717) is 23.6 Å². The van der Waals surface area contributed by atoms with E-state index in [0.717, 1.165) is 25.0 Å². The molecule has 122 valence electrons. The van der Waals surface area contributed by atoms with Crippen molar-refractivity contribution in [2.24, 2.45) is 0 Å². The number of amides is 1. The van der Waals surface area contributed by atoms with Crippen LogP contribution in [0.4, 0.5) is 13.2 Å². The largest absolute Gasteiger partial charge is 0.416 e. The number of carbonyl (C=O) groups is 1. The lowest BCUT2D eigenvalue weighted by Gasteiger charge is -2.21. The number of nitrogens with one attached hydrogen (secondary N) is 1. The second-order valence-corrected chi connectivity index (χ2v) is 5.63. The van der Waals surface area contributed by atoms with Crippen LogP contribution < -0.4 is 0 Å². The molecule has 0 unspecified atom stereocenters. The van der Waals surface area contributed by atoms with Crippen molar-refractivity contribution in [2.75, 3.05) is 6.54 Å². The quantitative estimate of drug-likeness (QED) is 0.914. The van der Waals surface area contributed by atoms with Crippen molar-refractivity contribution >= 4 is 5.91 Å². The Labute approximate surface area is 131 Å². The number of hydrogen-bond acceptors (Lipinski definition) is 2. The van der Waals surface area contributed by atoms with Gasteiger partial charge in [-0.1, -0.05) is 12.1 Å². The standard InChI is InChI=1S/C16H16F3N3O/c1-10(23)22-7-3-6-14(22)15-20-9-13(21-15)11-4-2-5-12(8-11)16(17,18)19/h2,4-5,8-9,14H,3,6-7H2,1H3,(H,20,21)/t14-/m1/s1. The number of alkyl halides is 3. The molecule has 7 heteroatoms. The number of aromatic nitrogens is 2. The van der Waals surface area contributed by atoms with Gasteiger partial charge in [-0.15, -0.1) is 0 Å². The number of imidazole rings is 1. The molecule has 0 spiro atoms. The molecule has 0 aliphatic carbocycles. The highest BCUT2D eigenvalue weighted by atomic mass is 19.4. The Morgan fingerprint density at radius 3 is 2.87 bits per heavy atom. The Kier molecular flexibility index (Phi) is 3.87. The molecule has 1 N–H and O–H groups in total. The Bertz CT molecular complexity index is 723. The smallest absolute Gasteiger partial charge is 0.340 e. The lowest BCUT2D eigenvalue weighted by atomic mass is 10.1. The van der Waals surface area contributed by atoms with Crippen LogP contribution in [0.1, 0.15) is 37.2 Å². The number of carbonyl (C=O) groups excluding carboxylic acids is 1. The molecule has 1 fully saturated rings. The van der Waals surface area contributed by atoms with Crippen molar-refractivity contribution in [1.29, 1.82) is 0 Å². The molecule has 1 aromatic carbocycles. The topological polar surface area (TPSA) is 49.0 Å². The molecule has 1 aliphatic heterocycles. The average Bonchev–Trinajstić information content (AvgIpc) is 3.15. The minimum Gasteiger partial charge on any atom is -0.340 e. The maximum atomic E-state index is 12.8. The van der Waals surface area contributed by atoms with Crippen LogP contribution >= 0.6 is 0 Å². The van der Waals surface area contributed by atoms with Gasteiger partial charge < -0.3 is 9.88 Å². The van der Waals surface area contributed by atoms with Crippen molar-refractivity contribution in [1.82, 2.24) is 14.9 Å². The molecule has 1 aromatic heterocycles. The zero-order valence-electron chi connectivity index (χ0n) is 12.5. The highest BCUT2D eigenvalue weighted by molar-refractivity contribution is 5.74. The monoisotopic (exact) mass is 323 g/mol. The van der Waals surface area contributed by atoms with Gasteiger partial charge in [-0.3, -0.25) is 4.79 Å². The maximum Gasteiger partial charge on any atom is 0.416 e. The normalized spacial score (nSPS) is 18.4. The first kappa shape index (κ1) is 15.6. The summed E-state index contributed by atoms with van der Waals surface area (Å²) in [5.41, 5.74) is 0.241. The molecule has 1 amide bonds. The van der Waals surface area contributed by atoms with Gasteiger partial charge in [-0.25, -0.2) is 4.98 Å². The van der Waals surface area contributed by atoms with E-state index in [4.69, 9.17) is 0 Å². The molecule has 23 heavy (non-hydrogen) atoms. The highest BCUT2D eigenvalue weighted by Crippen LogP contribution is 2.34. The molecule has 0 saturated carbocycles. The van der Waals surface area contributed by atoms with Crippen molar-refractivity contribution in [2.45, 2.75) is 32.0 Å². The molecule has 1 atom stereocenters. The average molecular weight is 323 g/mol. The van der Waals surface area contributed by atoms with Gasteiger partial charge in [0.25, 0.3) is 0 Å². The van der Waals surface area contributed by atoms with Crippen LogP contribution in [0.15, 0.2) is 30.5 Å². The number of benzene rings is 1. The number of halogens is 3. The first-order chi connectivity index (χ1) is 10.9. The number of nitrogens with zero attached hydrogens (tertiary/aromatic N) is 2. The van der Waals surface area contributed by atoms with E-state index < -0.39 is 11.7 Å². The van der Waals surface area contributed by atoms with Crippen molar-refractivity contribution < 1.29 is 18.0 Å². The van der Waals surface area contributed by atoms with E-state index in [1.165, 1.54) is 19.2 Å². The molecular formula is C16H16F3N3O. The van der Waals surface area contributed by atoms with E-state index in [1.807, 2.05) is 0 Å². The lowest BCUT2D eigenvalue weighted by molar-refractivity contribution is -0.137. The zero-order valence-corrected chi connectivity index (χ0v) is 12.5. The molecular weight excluding hydrogens is 307 g/mol. The predicted molar refractivity (Wildman–Crippen MR) is 78.4 cm³/mol. The van der Waals surface area contributed by atoms with Gasteiger partial charge in [0.05, 0.1) is 23.5 Å².